The first kappa shape index (κ1) is 24.5. The molecule has 0 fully saturated rings. The van der Waals surface area contributed by atoms with Gasteiger partial charge in [0.25, 0.3) is 5.91 Å². The maximum atomic E-state index is 13.4. The summed E-state index contributed by atoms with van der Waals surface area (Å²) < 4.78 is 24.8. The van der Waals surface area contributed by atoms with E-state index in [1.165, 1.54) is 12.1 Å². The standard InChI is InChI=1S/C27H31FN4O3/c1-29-13-12-25(20-6-8-21(28)9-7-20)35-22-10-4-19(5-11-22)18-32-15-14-31(2)24-16-26(34-3)30-17-23(24)27(32)33/h4-11,16-17,25,29H,12-15,18H2,1-3H3. The first-order valence-corrected chi connectivity index (χ1v) is 11.7. The van der Waals surface area contributed by atoms with Crippen molar-refractivity contribution in [1.82, 2.24) is 15.2 Å². The van der Waals surface area contributed by atoms with Crippen LogP contribution in [0.3, 0.4) is 0 Å². The third kappa shape index (κ3) is 5.89. The van der Waals surface area contributed by atoms with Crippen molar-refractivity contribution in [2.75, 3.05) is 45.7 Å². The number of likely N-dealkylation sites (N-methyl/N-ethyl adjacent to an activating group) is 1. The Balaban J connectivity index is 1.46. The molecule has 0 saturated carbocycles. The van der Waals surface area contributed by atoms with Gasteiger partial charge in [-0.1, -0.05) is 24.3 Å². The van der Waals surface area contributed by atoms with Crippen LogP contribution in [-0.4, -0.2) is 56.6 Å². The van der Waals surface area contributed by atoms with Crippen LogP contribution in [0.25, 0.3) is 0 Å². The van der Waals surface area contributed by atoms with Crippen LogP contribution in [-0.2, 0) is 6.54 Å². The Morgan fingerprint density at radius 2 is 1.86 bits per heavy atom. The molecule has 0 aliphatic carbocycles. The summed E-state index contributed by atoms with van der Waals surface area (Å²) in [5.74, 6) is 0.893. The number of pyridine rings is 1. The predicted octanol–water partition coefficient (Wildman–Crippen LogP) is 4.05. The smallest absolute Gasteiger partial charge is 0.257 e. The van der Waals surface area contributed by atoms with Crippen molar-refractivity contribution in [2.24, 2.45) is 0 Å². The topological polar surface area (TPSA) is 66.9 Å². The average molecular weight is 479 g/mol. The summed E-state index contributed by atoms with van der Waals surface area (Å²) in [6, 6.07) is 16.0. The third-order valence-electron chi connectivity index (χ3n) is 6.17. The summed E-state index contributed by atoms with van der Waals surface area (Å²) in [5.41, 5.74) is 3.32. The molecule has 0 spiro atoms. The van der Waals surface area contributed by atoms with Crippen LogP contribution in [0.2, 0.25) is 0 Å². The fourth-order valence-electron chi connectivity index (χ4n) is 4.14. The molecule has 1 aliphatic heterocycles. The molecule has 7 nitrogen and oxygen atoms in total. The lowest BCUT2D eigenvalue weighted by Crippen LogP contribution is -2.33. The highest BCUT2D eigenvalue weighted by Crippen LogP contribution is 2.29. The van der Waals surface area contributed by atoms with Gasteiger partial charge in [0.05, 0.1) is 18.4 Å². The summed E-state index contributed by atoms with van der Waals surface area (Å²) in [5, 5.41) is 3.14. The number of halogens is 1. The van der Waals surface area contributed by atoms with E-state index in [0.29, 0.717) is 31.1 Å². The normalized spacial score (nSPS) is 14.3. The zero-order valence-corrected chi connectivity index (χ0v) is 20.3. The fourth-order valence-corrected chi connectivity index (χ4v) is 4.14. The van der Waals surface area contributed by atoms with Gasteiger partial charge in [-0.15, -0.1) is 0 Å². The highest BCUT2D eigenvalue weighted by molar-refractivity contribution is 6.00. The van der Waals surface area contributed by atoms with E-state index in [9.17, 15) is 9.18 Å². The molecule has 8 heteroatoms. The molecule has 0 radical (unpaired) electrons. The number of nitrogens with one attached hydrogen (secondary N) is 1. The van der Waals surface area contributed by atoms with Gasteiger partial charge in [-0.3, -0.25) is 4.79 Å². The minimum absolute atomic E-state index is 0.0525. The van der Waals surface area contributed by atoms with E-state index in [2.05, 4.69) is 15.2 Å². The molecule has 3 aromatic rings. The average Bonchev–Trinajstić information content (AvgIpc) is 2.99. The molecule has 0 saturated heterocycles. The van der Waals surface area contributed by atoms with Gasteiger partial charge in [-0.2, -0.15) is 0 Å². The largest absolute Gasteiger partial charge is 0.486 e. The van der Waals surface area contributed by atoms with Gasteiger partial charge in [0.1, 0.15) is 17.7 Å². The number of amides is 1. The minimum Gasteiger partial charge on any atom is -0.486 e. The van der Waals surface area contributed by atoms with Gasteiger partial charge in [-0.05, 0) is 49.0 Å². The summed E-state index contributed by atoms with van der Waals surface area (Å²) in [6.07, 6.45) is 2.14. The van der Waals surface area contributed by atoms with Crippen LogP contribution in [0.5, 0.6) is 11.6 Å². The third-order valence-corrected chi connectivity index (χ3v) is 6.17. The van der Waals surface area contributed by atoms with Gasteiger partial charge in [-0.25, -0.2) is 9.37 Å². The molecular weight excluding hydrogens is 447 g/mol. The highest BCUT2D eigenvalue weighted by Gasteiger charge is 2.26. The molecule has 1 atom stereocenters. The SMILES string of the molecule is CNCCC(Oc1ccc(CN2CCN(C)c3cc(OC)ncc3C2=O)cc1)c1ccc(F)cc1. The summed E-state index contributed by atoms with van der Waals surface area (Å²) in [7, 11) is 5.42. The van der Waals surface area contributed by atoms with Crippen molar-refractivity contribution in [3.8, 4) is 11.6 Å². The lowest BCUT2D eigenvalue weighted by molar-refractivity contribution is 0.0754. The Kier molecular flexibility index (Phi) is 7.82. The number of nitrogens with zero attached hydrogens (tertiary/aromatic N) is 3. The summed E-state index contributed by atoms with van der Waals surface area (Å²) >= 11 is 0. The van der Waals surface area contributed by atoms with Crippen molar-refractivity contribution in [3.05, 3.63) is 83.3 Å². The number of benzene rings is 2. The predicted molar refractivity (Wildman–Crippen MR) is 134 cm³/mol. The number of hydrogen-bond acceptors (Lipinski definition) is 6. The van der Waals surface area contributed by atoms with Crippen LogP contribution in [0.15, 0.2) is 60.8 Å². The van der Waals surface area contributed by atoms with Gasteiger partial charge >= 0.3 is 0 Å². The van der Waals surface area contributed by atoms with Crippen molar-refractivity contribution in [1.29, 1.82) is 0 Å². The quantitative estimate of drug-likeness (QED) is 0.501. The molecule has 1 aliphatic rings. The first-order valence-electron chi connectivity index (χ1n) is 11.7. The van der Waals surface area contributed by atoms with E-state index in [1.54, 1.807) is 31.5 Å². The molecular formula is C27H31FN4O3. The van der Waals surface area contributed by atoms with Crippen LogP contribution in [0, 0.1) is 5.82 Å². The molecule has 1 amide bonds. The zero-order valence-electron chi connectivity index (χ0n) is 20.3. The van der Waals surface area contributed by atoms with Gasteiger partial charge in [0.15, 0.2) is 0 Å². The van der Waals surface area contributed by atoms with E-state index in [1.807, 2.05) is 43.3 Å². The van der Waals surface area contributed by atoms with E-state index in [0.717, 1.165) is 35.5 Å². The molecule has 1 N–H and O–H groups in total. The van der Waals surface area contributed by atoms with E-state index in [4.69, 9.17) is 9.47 Å². The highest BCUT2D eigenvalue weighted by atomic mass is 19.1. The Morgan fingerprint density at radius 1 is 1.11 bits per heavy atom. The van der Waals surface area contributed by atoms with Crippen molar-refractivity contribution < 1.29 is 18.7 Å². The van der Waals surface area contributed by atoms with Gasteiger partial charge < -0.3 is 24.6 Å². The number of rotatable bonds is 9. The number of ether oxygens (including phenoxy) is 2. The van der Waals surface area contributed by atoms with Crippen LogP contribution in [0.1, 0.15) is 34.0 Å². The number of aromatic nitrogens is 1. The van der Waals surface area contributed by atoms with E-state index < -0.39 is 0 Å². The second kappa shape index (κ2) is 11.2. The number of hydrogen-bond donors (Lipinski definition) is 1. The van der Waals surface area contributed by atoms with Crippen LogP contribution in [0.4, 0.5) is 10.1 Å². The van der Waals surface area contributed by atoms with Gasteiger partial charge in [0, 0.05) is 45.4 Å². The lowest BCUT2D eigenvalue weighted by Gasteiger charge is -2.22. The summed E-state index contributed by atoms with van der Waals surface area (Å²) in [6.45, 7) is 2.56. The molecule has 0 bridgehead atoms. The molecule has 1 unspecified atom stereocenters. The molecule has 4 rings (SSSR count). The van der Waals surface area contributed by atoms with Gasteiger partial charge in [0.2, 0.25) is 5.88 Å². The second-order valence-corrected chi connectivity index (χ2v) is 8.59. The molecule has 35 heavy (non-hydrogen) atoms. The van der Waals surface area contributed by atoms with E-state index >= 15 is 0 Å². The van der Waals surface area contributed by atoms with Crippen LogP contribution >= 0.6 is 0 Å². The number of methoxy groups -OCH3 is 1. The van der Waals surface area contributed by atoms with E-state index in [-0.39, 0.29) is 17.8 Å². The number of carbonyl (C=O) groups is 1. The number of carbonyl (C=O) groups excluding carboxylic acids is 1. The summed E-state index contributed by atoms with van der Waals surface area (Å²) in [4.78, 5) is 21.4. The maximum Gasteiger partial charge on any atom is 0.257 e. The minimum atomic E-state index is -0.266. The Labute approximate surface area is 205 Å². The Morgan fingerprint density at radius 3 is 2.54 bits per heavy atom. The number of anilines is 1. The van der Waals surface area contributed by atoms with Crippen LogP contribution < -0.4 is 19.7 Å². The first-order chi connectivity index (χ1) is 17.0. The monoisotopic (exact) mass is 478 g/mol. The fraction of sp³-hybridized carbons (Fsp3) is 0.333. The maximum absolute atomic E-state index is 13.4. The molecule has 2 aromatic carbocycles. The van der Waals surface area contributed by atoms with Crippen molar-refractivity contribution in [2.45, 2.75) is 19.1 Å². The molecule has 1 aromatic heterocycles. The lowest BCUT2D eigenvalue weighted by atomic mass is 10.1. The second-order valence-electron chi connectivity index (χ2n) is 8.59. The van der Waals surface area contributed by atoms with Crippen molar-refractivity contribution in [3.63, 3.8) is 0 Å². The number of fused-ring (bicyclic) bond motifs is 1. The zero-order chi connectivity index (χ0) is 24.8. The van der Waals surface area contributed by atoms with Crippen molar-refractivity contribution >= 4 is 11.6 Å². The Bertz CT molecular complexity index is 1140. The molecule has 2 heterocycles. The molecule has 184 valence electrons. The Hall–Kier alpha value is -3.65.